The Morgan fingerprint density at radius 3 is 3.00 bits per heavy atom. The van der Waals surface area contributed by atoms with Crippen LogP contribution in [0.4, 0.5) is 0 Å². The molecule has 0 aliphatic rings. The van der Waals surface area contributed by atoms with Crippen molar-refractivity contribution in [1.29, 1.82) is 0 Å². The Morgan fingerprint density at radius 1 is 1.47 bits per heavy atom. The number of fused-ring (bicyclic) bond motifs is 1. The van der Waals surface area contributed by atoms with Gasteiger partial charge in [0.05, 0.1) is 11.6 Å². The molecular weight excluding hydrogens is 192 g/mol. The minimum atomic E-state index is -0.367. The summed E-state index contributed by atoms with van der Waals surface area (Å²) in [6.45, 7) is 4.23. The highest BCUT2D eigenvalue weighted by molar-refractivity contribution is 5.81. The third kappa shape index (κ3) is 2.27. The first-order valence-electron chi connectivity index (χ1n) is 4.80. The van der Waals surface area contributed by atoms with E-state index in [1.54, 1.807) is 18.5 Å². The molecule has 0 unspecified atom stereocenters. The number of aromatic nitrogens is 1. The lowest BCUT2D eigenvalue weighted by atomic mass is 10.1. The van der Waals surface area contributed by atoms with Crippen LogP contribution in [0.25, 0.3) is 11.0 Å². The summed E-state index contributed by atoms with van der Waals surface area (Å²) in [5, 5.41) is 0.877. The van der Waals surface area contributed by atoms with E-state index in [0.29, 0.717) is 12.5 Å². The van der Waals surface area contributed by atoms with Crippen molar-refractivity contribution < 1.29 is 9.15 Å². The van der Waals surface area contributed by atoms with Gasteiger partial charge in [-0.1, -0.05) is 0 Å². The van der Waals surface area contributed by atoms with Crippen LogP contribution in [0, 0.1) is 0 Å². The molecule has 2 N–H and O–H groups in total. The Kier molecular flexibility index (Phi) is 2.36. The molecule has 0 atom stereocenters. The molecular formula is C11H14N2O2. The van der Waals surface area contributed by atoms with Crippen molar-refractivity contribution in [2.24, 2.45) is 5.73 Å². The van der Waals surface area contributed by atoms with E-state index in [4.69, 9.17) is 14.9 Å². The van der Waals surface area contributed by atoms with Gasteiger partial charge < -0.3 is 14.9 Å². The highest BCUT2D eigenvalue weighted by Gasteiger charge is 2.13. The number of hydrogen-bond acceptors (Lipinski definition) is 4. The summed E-state index contributed by atoms with van der Waals surface area (Å²) < 4.78 is 10.8. The van der Waals surface area contributed by atoms with Crippen LogP contribution in [0.2, 0.25) is 0 Å². The van der Waals surface area contributed by atoms with Gasteiger partial charge in [0.2, 0.25) is 5.88 Å². The quantitative estimate of drug-likeness (QED) is 0.833. The highest BCUT2D eigenvalue weighted by Crippen LogP contribution is 2.23. The predicted molar refractivity (Wildman–Crippen MR) is 57.8 cm³/mol. The highest BCUT2D eigenvalue weighted by atomic mass is 16.5. The molecule has 4 heteroatoms. The van der Waals surface area contributed by atoms with Crippen molar-refractivity contribution in [3.63, 3.8) is 0 Å². The largest absolute Gasteiger partial charge is 0.475 e. The third-order valence-electron chi connectivity index (χ3n) is 1.92. The molecule has 0 saturated heterocycles. The molecule has 15 heavy (non-hydrogen) atoms. The van der Waals surface area contributed by atoms with E-state index < -0.39 is 0 Å². The lowest BCUT2D eigenvalue weighted by Crippen LogP contribution is -2.38. The normalized spacial score (nSPS) is 11.9. The minimum Gasteiger partial charge on any atom is -0.475 e. The lowest BCUT2D eigenvalue weighted by molar-refractivity contribution is 0.238. The van der Waals surface area contributed by atoms with Crippen molar-refractivity contribution in [1.82, 2.24) is 4.98 Å². The number of rotatable bonds is 3. The summed E-state index contributed by atoms with van der Waals surface area (Å²) in [7, 11) is 0. The smallest absolute Gasteiger partial charge is 0.224 e. The van der Waals surface area contributed by atoms with Crippen LogP contribution in [0.3, 0.4) is 0 Å². The monoisotopic (exact) mass is 206 g/mol. The molecule has 2 aromatic rings. The molecule has 0 spiro atoms. The summed E-state index contributed by atoms with van der Waals surface area (Å²) in [4.78, 5) is 4.14. The van der Waals surface area contributed by atoms with Gasteiger partial charge in [0.1, 0.15) is 12.2 Å². The Hall–Kier alpha value is -1.55. The molecule has 0 radical (unpaired) electrons. The average Bonchev–Trinajstić information content (AvgIpc) is 2.61. The SMILES string of the molecule is CC(C)(N)COc1nccc2occc12. The summed E-state index contributed by atoms with van der Waals surface area (Å²) >= 11 is 0. The second kappa shape index (κ2) is 3.55. The van der Waals surface area contributed by atoms with E-state index in [2.05, 4.69) is 4.98 Å². The van der Waals surface area contributed by atoms with Crippen LogP contribution >= 0.6 is 0 Å². The molecule has 4 nitrogen and oxygen atoms in total. The number of furan rings is 1. The van der Waals surface area contributed by atoms with E-state index in [1.165, 1.54) is 0 Å². The Labute approximate surface area is 88.0 Å². The molecule has 2 rings (SSSR count). The van der Waals surface area contributed by atoms with E-state index in [0.717, 1.165) is 11.0 Å². The number of ether oxygens (including phenoxy) is 1. The van der Waals surface area contributed by atoms with Crippen LogP contribution < -0.4 is 10.5 Å². The van der Waals surface area contributed by atoms with Gasteiger partial charge in [-0.3, -0.25) is 0 Å². The van der Waals surface area contributed by atoms with Crippen LogP contribution in [0.15, 0.2) is 29.0 Å². The zero-order chi connectivity index (χ0) is 10.9. The molecule has 0 aliphatic carbocycles. The van der Waals surface area contributed by atoms with Crippen molar-refractivity contribution in [3.8, 4) is 5.88 Å². The summed E-state index contributed by atoms with van der Waals surface area (Å²) in [5.41, 5.74) is 6.23. The molecule has 0 amide bonds. The number of pyridine rings is 1. The molecule has 0 fully saturated rings. The van der Waals surface area contributed by atoms with Gasteiger partial charge >= 0.3 is 0 Å². The second-order valence-corrected chi connectivity index (χ2v) is 4.23. The molecule has 0 saturated carbocycles. The lowest BCUT2D eigenvalue weighted by Gasteiger charge is -2.18. The zero-order valence-electron chi connectivity index (χ0n) is 8.86. The van der Waals surface area contributed by atoms with Crippen molar-refractivity contribution in [2.75, 3.05) is 6.61 Å². The van der Waals surface area contributed by atoms with E-state index in [-0.39, 0.29) is 5.54 Å². The maximum Gasteiger partial charge on any atom is 0.224 e. The predicted octanol–water partition coefficient (Wildman–Crippen LogP) is 1.94. The van der Waals surface area contributed by atoms with Crippen LogP contribution in [0.5, 0.6) is 5.88 Å². The molecule has 2 aromatic heterocycles. The van der Waals surface area contributed by atoms with Gasteiger partial charge in [-0.05, 0) is 26.0 Å². The zero-order valence-corrected chi connectivity index (χ0v) is 8.86. The molecule has 0 aromatic carbocycles. The van der Waals surface area contributed by atoms with Crippen LogP contribution in [-0.2, 0) is 0 Å². The van der Waals surface area contributed by atoms with Crippen LogP contribution in [-0.4, -0.2) is 17.1 Å². The maximum absolute atomic E-state index is 5.83. The minimum absolute atomic E-state index is 0.367. The molecule has 0 bridgehead atoms. The Morgan fingerprint density at radius 2 is 2.27 bits per heavy atom. The Bertz CT molecular complexity index is 457. The van der Waals surface area contributed by atoms with E-state index in [1.807, 2.05) is 19.9 Å². The number of hydrogen-bond donors (Lipinski definition) is 1. The fourth-order valence-corrected chi connectivity index (χ4v) is 1.24. The van der Waals surface area contributed by atoms with Crippen LogP contribution in [0.1, 0.15) is 13.8 Å². The summed E-state index contributed by atoms with van der Waals surface area (Å²) in [5.74, 6) is 0.569. The maximum atomic E-state index is 5.83. The number of nitrogens with zero attached hydrogens (tertiary/aromatic N) is 1. The number of nitrogens with two attached hydrogens (primary N) is 1. The van der Waals surface area contributed by atoms with E-state index in [9.17, 15) is 0 Å². The first kappa shape index (κ1) is 9.98. The van der Waals surface area contributed by atoms with Gasteiger partial charge in [-0.15, -0.1) is 0 Å². The Balaban J connectivity index is 2.24. The fourth-order valence-electron chi connectivity index (χ4n) is 1.24. The topological polar surface area (TPSA) is 61.3 Å². The summed E-state index contributed by atoms with van der Waals surface area (Å²) in [6.07, 6.45) is 3.28. The van der Waals surface area contributed by atoms with Gasteiger partial charge in [0.25, 0.3) is 0 Å². The second-order valence-electron chi connectivity index (χ2n) is 4.23. The van der Waals surface area contributed by atoms with Gasteiger partial charge in [-0.25, -0.2) is 4.98 Å². The van der Waals surface area contributed by atoms with Gasteiger partial charge in [-0.2, -0.15) is 0 Å². The van der Waals surface area contributed by atoms with Crippen molar-refractivity contribution in [3.05, 3.63) is 24.6 Å². The molecule has 2 heterocycles. The standard InChI is InChI=1S/C11H14N2O2/c1-11(2,12)7-15-10-8-4-6-14-9(8)3-5-13-10/h3-6H,7,12H2,1-2H3. The van der Waals surface area contributed by atoms with Crippen molar-refractivity contribution >= 4 is 11.0 Å². The first-order valence-corrected chi connectivity index (χ1v) is 4.80. The van der Waals surface area contributed by atoms with Gasteiger partial charge in [0, 0.05) is 11.7 Å². The third-order valence-corrected chi connectivity index (χ3v) is 1.92. The van der Waals surface area contributed by atoms with Gasteiger partial charge in [0.15, 0.2) is 0 Å². The molecule has 80 valence electrons. The fraction of sp³-hybridized carbons (Fsp3) is 0.364. The average molecular weight is 206 g/mol. The summed E-state index contributed by atoms with van der Waals surface area (Å²) in [6, 6.07) is 3.64. The van der Waals surface area contributed by atoms with E-state index >= 15 is 0 Å². The molecule has 0 aliphatic heterocycles. The van der Waals surface area contributed by atoms with Crippen molar-refractivity contribution in [2.45, 2.75) is 19.4 Å². The first-order chi connectivity index (χ1) is 7.06.